The Morgan fingerprint density at radius 1 is 0.742 bits per heavy atom. The Labute approximate surface area is 181 Å². The van der Waals surface area contributed by atoms with Gasteiger partial charge in [0.05, 0.1) is 0 Å². The van der Waals surface area contributed by atoms with E-state index in [1.807, 2.05) is 60.7 Å². The second kappa shape index (κ2) is 9.80. The lowest BCUT2D eigenvalue weighted by atomic mass is 10.1. The highest BCUT2D eigenvalue weighted by Gasteiger charge is 2.13. The van der Waals surface area contributed by atoms with Crippen molar-refractivity contribution >= 4 is 11.8 Å². The molecule has 3 aromatic carbocycles. The third-order valence-electron chi connectivity index (χ3n) is 5.08. The molecule has 0 unspecified atom stereocenters. The smallest absolute Gasteiger partial charge is 0.251 e. The summed E-state index contributed by atoms with van der Waals surface area (Å²) < 4.78 is 10.6. The van der Waals surface area contributed by atoms with Gasteiger partial charge in [-0.3, -0.25) is 9.59 Å². The van der Waals surface area contributed by atoms with Gasteiger partial charge in [-0.15, -0.1) is 0 Å². The van der Waals surface area contributed by atoms with Crippen LogP contribution in [0.1, 0.15) is 33.5 Å². The van der Waals surface area contributed by atoms with Crippen LogP contribution < -0.4 is 20.1 Å². The molecular formula is C25H24N2O4. The van der Waals surface area contributed by atoms with Gasteiger partial charge >= 0.3 is 0 Å². The van der Waals surface area contributed by atoms with Crippen molar-refractivity contribution in [2.45, 2.75) is 25.9 Å². The Balaban J connectivity index is 1.22. The fourth-order valence-corrected chi connectivity index (χ4v) is 3.30. The van der Waals surface area contributed by atoms with Crippen LogP contribution >= 0.6 is 0 Å². The number of aryl methyl sites for hydroxylation is 1. The van der Waals surface area contributed by atoms with Gasteiger partial charge in [-0.1, -0.05) is 48.5 Å². The lowest BCUT2D eigenvalue weighted by Gasteiger charge is -2.08. The molecule has 1 aliphatic heterocycles. The number of nitrogens with one attached hydrogen (secondary N) is 2. The molecule has 31 heavy (non-hydrogen) atoms. The molecule has 2 N–H and O–H groups in total. The van der Waals surface area contributed by atoms with Crippen LogP contribution in [0.3, 0.4) is 0 Å². The Morgan fingerprint density at radius 2 is 1.45 bits per heavy atom. The van der Waals surface area contributed by atoms with E-state index in [0.717, 1.165) is 28.9 Å². The molecule has 0 aliphatic carbocycles. The molecule has 0 saturated heterocycles. The van der Waals surface area contributed by atoms with Gasteiger partial charge in [0.15, 0.2) is 11.5 Å². The average Bonchev–Trinajstić information content (AvgIpc) is 3.29. The van der Waals surface area contributed by atoms with Crippen LogP contribution in [0, 0.1) is 0 Å². The second-order valence-electron chi connectivity index (χ2n) is 7.33. The zero-order valence-electron chi connectivity index (χ0n) is 17.1. The van der Waals surface area contributed by atoms with Crippen LogP contribution in [-0.4, -0.2) is 18.6 Å². The third kappa shape index (κ3) is 5.63. The molecule has 0 saturated carbocycles. The predicted octanol–water partition coefficient (Wildman–Crippen LogP) is 3.59. The molecular weight excluding hydrogens is 392 g/mol. The number of benzene rings is 3. The molecule has 1 aliphatic rings. The highest BCUT2D eigenvalue weighted by atomic mass is 16.7. The first-order valence-corrected chi connectivity index (χ1v) is 10.2. The number of amides is 2. The number of ether oxygens (including phenoxy) is 2. The predicted molar refractivity (Wildman–Crippen MR) is 117 cm³/mol. The van der Waals surface area contributed by atoms with Crippen molar-refractivity contribution in [1.29, 1.82) is 0 Å². The summed E-state index contributed by atoms with van der Waals surface area (Å²) in [5, 5.41) is 5.83. The van der Waals surface area contributed by atoms with E-state index in [2.05, 4.69) is 10.6 Å². The summed E-state index contributed by atoms with van der Waals surface area (Å²) in [6, 6.07) is 22.8. The van der Waals surface area contributed by atoms with Gasteiger partial charge in [0.2, 0.25) is 12.7 Å². The van der Waals surface area contributed by atoms with E-state index < -0.39 is 0 Å². The van der Waals surface area contributed by atoms with Gasteiger partial charge in [-0.2, -0.15) is 0 Å². The normalized spacial score (nSPS) is 11.7. The maximum atomic E-state index is 12.4. The summed E-state index contributed by atoms with van der Waals surface area (Å²) in [4.78, 5) is 24.5. The molecule has 6 nitrogen and oxygen atoms in total. The molecule has 0 bridgehead atoms. The zero-order chi connectivity index (χ0) is 21.5. The van der Waals surface area contributed by atoms with Gasteiger partial charge in [-0.05, 0) is 47.4 Å². The quantitative estimate of drug-likeness (QED) is 0.588. The van der Waals surface area contributed by atoms with Crippen LogP contribution in [-0.2, 0) is 24.3 Å². The molecule has 1 heterocycles. The molecule has 0 atom stereocenters. The number of carbonyl (C=O) groups is 2. The highest BCUT2D eigenvalue weighted by Crippen LogP contribution is 2.32. The largest absolute Gasteiger partial charge is 0.454 e. The number of hydrogen-bond acceptors (Lipinski definition) is 4. The van der Waals surface area contributed by atoms with E-state index in [4.69, 9.17) is 9.47 Å². The molecule has 0 fully saturated rings. The summed E-state index contributed by atoms with van der Waals surface area (Å²) in [5.74, 6) is 1.27. The molecule has 3 aromatic rings. The lowest BCUT2D eigenvalue weighted by molar-refractivity contribution is -0.121. The molecule has 158 valence electrons. The van der Waals surface area contributed by atoms with Gasteiger partial charge < -0.3 is 20.1 Å². The summed E-state index contributed by atoms with van der Waals surface area (Å²) in [6.45, 7) is 1.06. The van der Waals surface area contributed by atoms with Gasteiger partial charge in [-0.25, -0.2) is 0 Å². The monoisotopic (exact) mass is 416 g/mol. The van der Waals surface area contributed by atoms with E-state index in [9.17, 15) is 9.59 Å². The fourth-order valence-electron chi connectivity index (χ4n) is 3.30. The first-order chi connectivity index (χ1) is 15.2. The number of carbonyl (C=O) groups excluding carboxylic acids is 2. The minimum Gasteiger partial charge on any atom is -0.454 e. The minimum absolute atomic E-state index is 0.00870. The molecule has 0 aromatic heterocycles. The van der Waals surface area contributed by atoms with Crippen molar-refractivity contribution in [2.75, 3.05) is 6.79 Å². The van der Waals surface area contributed by atoms with Crippen LogP contribution in [0.25, 0.3) is 0 Å². The minimum atomic E-state index is -0.156. The lowest BCUT2D eigenvalue weighted by Crippen LogP contribution is -2.24. The van der Waals surface area contributed by atoms with E-state index in [1.54, 1.807) is 12.1 Å². The van der Waals surface area contributed by atoms with E-state index >= 15 is 0 Å². The van der Waals surface area contributed by atoms with Crippen LogP contribution in [0.2, 0.25) is 0 Å². The molecule has 0 spiro atoms. The van der Waals surface area contributed by atoms with Crippen molar-refractivity contribution in [2.24, 2.45) is 0 Å². The SMILES string of the molecule is O=C(CCc1ccccc1)NCc1ccc(C(=O)NCc2ccc3c(c2)OCO3)cc1. The first-order valence-electron chi connectivity index (χ1n) is 10.2. The van der Waals surface area contributed by atoms with Crippen molar-refractivity contribution < 1.29 is 19.1 Å². The van der Waals surface area contributed by atoms with Gasteiger partial charge in [0.1, 0.15) is 0 Å². The zero-order valence-corrected chi connectivity index (χ0v) is 17.1. The molecule has 6 heteroatoms. The Bertz CT molecular complexity index is 1050. The van der Waals surface area contributed by atoms with Gasteiger partial charge in [0, 0.05) is 25.1 Å². The van der Waals surface area contributed by atoms with Crippen molar-refractivity contribution in [3.8, 4) is 11.5 Å². The first kappa shape index (κ1) is 20.5. The van der Waals surface area contributed by atoms with Crippen molar-refractivity contribution in [3.05, 3.63) is 95.1 Å². The standard InChI is InChI=1S/C25H24N2O4/c28-24(13-9-18-4-2-1-3-5-18)26-15-19-6-10-21(11-7-19)25(29)27-16-20-8-12-22-23(14-20)31-17-30-22/h1-8,10-12,14H,9,13,15-17H2,(H,26,28)(H,27,29). The molecule has 2 amide bonds. The summed E-state index contributed by atoms with van der Waals surface area (Å²) in [5.41, 5.74) is 3.60. The summed E-state index contributed by atoms with van der Waals surface area (Å²) >= 11 is 0. The van der Waals surface area contributed by atoms with Crippen LogP contribution in [0.4, 0.5) is 0 Å². The maximum absolute atomic E-state index is 12.4. The fraction of sp³-hybridized carbons (Fsp3) is 0.200. The molecule has 4 rings (SSSR count). The van der Waals surface area contributed by atoms with E-state index in [-0.39, 0.29) is 18.6 Å². The third-order valence-corrected chi connectivity index (χ3v) is 5.08. The Kier molecular flexibility index (Phi) is 6.47. The summed E-state index contributed by atoms with van der Waals surface area (Å²) in [7, 11) is 0. The van der Waals surface area contributed by atoms with Crippen LogP contribution in [0.5, 0.6) is 11.5 Å². The van der Waals surface area contributed by atoms with Gasteiger partial charge in [0.25, 0.3) is 5.91 Å². The number of hydrogen-bond donors (Lipinski definition) is 2. The molecule has 0 radical (unpaired) electrons. The topological polar surface area (TPSA) is 76.7 Å². The number of fused-ring (bicyclic) bond motifs is 1. The maximum Gasteiger partial charge on any atom is 0.251 e. The van der Waals surface area contributed by atoms with E-state index in [0.29, 0.717) is 30.8 Å². The number of rotatable bonds is 8. The average molecular weight is 416 g/mol. The Hall–Kier alpha value is -3.80. The second-order valence-corrected chi connectivity index (χ2v) is 7.33. The van der Waals surface area contributed by atoms with Crippen LogP contribution in [0.15, 0.2) is 72.8 Å². The Morgan fingerprint density at radius 3 is 2.26 bits per heavy atom. The van der Waals surface area contributed by atoms with Crippen molar-refractivity contribution in [1.82, 2.24) is 10.6 Å². The van der Waals surface area contributed by atoms with Crippen molar-refractivity contribution in [3.63, 3.8) is 0 Å². The van der Waals surface area contributed by atoms with E-state index in [1.165, 1.54) is 0 Å². The highest BCUT2D eigenvalue weighted by molar-refractivity contribution is 5.94. The summed E-state index contributed by atoms with van der Waals surface area (Å²) in [6.07, 6.45) is 1.17.